The first-order chi connectivity index (χ1) is 7.08. The molecular formula is C12H19NO2. The highest BCUT2D eigenvalue weighted by Gasteiger charge is 2.24. The average molecular weight is 209 g/mol. The SMILES string of the molecule is CC(O)CNC(C)(CO)c1ccccc1. The van der Waals surface area contributed by atoms with Crippen molar-refractivity contribution in [2.45, 2.75) is 25.5 Å². The topological polar surface area (TPSA) is 52.5 Å². The lowest BCUT2D eigenvalue weighted by Crippen LogP contribution is -2.45. The summed E-state index contributed by atoms with van der Waals surface area (Å²) in [6, 6.07) is 9.74. The third-order valence-electron chi connectivity index (χ3n) is 2.51. The molecule has 2 unspecified atom stereocenters. The molecule has 0 aliphatic carbocycles. The van der Waals surface area contributed by atoms with E-state index in [-0.39, 0.29) is 6.61 Å². The van der Waals surface area contributed by atoms with Crippen molar-refractivity contribution in [2.24, 2.45) is 0 Å². The fourth-order valence-corrected chi connectivity index (χ4v) is 1.43. The molecule has 0 aliphatic rings. The van der Waals surface area contributed by atoms with Crippen LogP contribution in [0.2, 0.25) is 0 Å². The maximum Gasteiger partial charge on any atom is 0.0652 e. The van der Waals surface area contributed by atoms with Gasteiger partial charge in [0.15, 0.2) is 0 Å². The summed E-state index contributed by atoms with van der Waals surface area (Å²) in [6.07, 6.45) is -0.417. The summed E-state index contributed by atoms with van der Waals surface area (Å²) in [7, 11) is 0. The summed E-state index contributed by atoms with van der Waals surface area (Å²) in [5, 5.41) is 21.8. The highest BCUT2D eigenvalue weighted by Crippen LogP contribution is 2.19. The van der Waals surface area contributed by atoms with Crippen LogP contribution in [-0.2, 0) is 5.54 Å². The largest absolute Gasteiger partial charge is 0.394 e. The lowest BCUT2D eigenvalue weighted by molar-refractivity contribution is 0.137. The van der Waals surface area contributed by atoms with Gasteiger partial charge in [-0.05, 0) is 19.4 Å². The predicted molar refractivity (Wildman–Crippen MR) is 60.6 cm³/mol. The average Bonchev–Trinajstić information content (AvgIpc) is 2.27. The molecule has 0 heterocycles. The molecule has 0 bridgehead atoms. The smallest absolute Gasteiger partial charge is 0.0652 e. The first kappa shape index (κ1) is 12.2. The molecular weight excluding hydrogens is 190 g/mol. The number of nitrogens with one attached hydrogen (secondary N) is 1. The molecule has 0 saturated heterocycles. The predicted octanol–water partition coefficient (Wildman–Crippen LogP) is 0.865. The molecule has 1 rings (SSSR count). The van der Waals surface area contributed by atoms with Gasteiger partial charge in [-0.3, -0.25) is 0 Å². The highest BCUT2D eigenvalue weighted by molar-refractivity contribution is 5.23. The van der Waals surface area contributed by atoms with Crippen molar-refractivity contribution in [3.63, 3.8) is 0 Å². The summed E-state index contributed by atoms with van der Waals surface area (Å²) in [5.41, 5.74) is 0.534. The van der Waals surface area contributed by atoms with Crippen molar-refractivity contribution in [3.8, 4) is 0 Å². The van der Waals surface area contributed by atoms with Crippen LogP contribution in [0.1, 0.15) is 19.4 Å². The molecule has 0 fully saturated rings. The van der Waals surface area contributed by atoms with Crippen molar-refractivity contribution in [2.75, 3.05) is 13.2 Å². The number of rotatable bonds is 5. The molecule has 84 valence electrons. The van der Waals surface area contributed by atoms with Crippen molar-refractivity contribution in [1.82, 2.24) is 5.32 Å². The molecule has 3 heteroatoms. The Morgan fingerprint density at radius 1 is 1.33 bits per heavy atom. The van der Waals surface area contributed by atoms with Gasteiger partial charge >= 0.3 is 0 Å². The van der Waals surface area contributed by atoms with E-state index in [1.165, 1.54) is 0 Å². The van der Waals surface area contributed by atoms with E-state index in [1.807, 2.05) is 37.3 Å². The molecule has 0 saturated carbocycles. The molecule has 2 atom stereocenters. The van der Waals surface area contributed by atoms with Crippen molar-refractivity contribution < 1.29 is 10.2 Å². The van der Waals surface area contributed by atoms with Gasteiger partial charge in [-0.2, -0.15) is 0 Å². The van der Waals surface area contributed by atoms with Crippen LogP contribution in [0.5, 0.6) is 0 Å². The Kier molecular flexibility index (Phi) is 4.27. The van der Waals surface area contributed by atoms with E-state index < -0.39 is 11.6 Å². The minimum Gasteiger partial charge on any atom is -0.394 e. The van der Waals surface area contributed by atoms with Crippen molar-refractivity contribution in [1.29, 1.82) is 0 Å². The Labute approximate surface area is 90.8 Å². The maximum atomic E-state index is 9.41. The Balaban J connectivity index is 2.76. The van der Waals surface area contributed by atoms with E-state index in [9.17, 15) is 10.2 Å². The van der Waals surface area contributed by atoms with Gasteiger partial charge in [0.25, 0.3) is 0 Å². The summed E-state index contributed by atoms with van der Waals surface area (Å²) in [4.78, 5) is 0. The third-order valence-corrected chi connectivity index (χ3v) is 2.51. The summed E-state index contributed by atoms with van der Waals surface area (Å²) >= 11 is 0. The van der Waals surface area contributed by atoms with Gasteiger partial charge < -0.3 is 15.5 Å². The Bertz CT molecular complexity index is 287. The van der Waals surface area contributed by atoms with E-state index in [2.05, 4.69) is 5.32 Å². The molecule has 1 aromatic rings. The van der Waals surface area contributed by atoms with E-state index >= 15 is 0 Å². The van der Waals surface area contributed by atoms with Gasteiger partial charge in [0, 0.05) is 6.54 Å². The first-order valence-corrected chi connectivity index (χ1v) is 5.18. The zero-order valence-electron chi connectivity index (χ0n) is 9.27. The molecule has 0 aliphatic heterocycles. The summed E-state index contributed by atoms with van der Waals surface area (Å²) in [5.74, 6) is 0. The van der Waals surface area contributed by atoms with Crippen molar-refractivity contribution >= 4 is 0 Å². The van der Waals surface area contributed by atoms with Gasteiger partial charge in [-0.25, -0.2) is 0 Å². The third kappa shape index (κ3) is 3.30. The number of hydrogen-bond donors (Lipinski definition) is 3. The van der Waals surface area contributed by atoms with E-state index in [4.69, 9.17) is 0 Å². The second-order valence-electron chi connectivity index (χ2n) is 4.09. The Hall–Kier alpha value is -0.900. The number of hydrogen-bond acceptors (Lipinski definition) is 3. The van der Waals surface area contributed by atoms with E-state index in [0.29, 0.717) is 6.54 Å². The fourth-order valence-electron chi connectivity index (χ4n) is 1.43. The normalized spacial score (nSPS) is 17.1. The lowest BCUT2D eigenvalue weighted by Gasteiger charge is -2.30. The second-order valence-corrected chi connectivity index (χ2v) is 4.09. The molecule has 0 aromatic heterocycles. The number of aliphatic hydroxyl groups excluding tert-OH is 2. The molecule has 0 spiro atoms. The van der Waals surface area contributed by atoms with E-state index in [0.717, 1.165) is 5.56 Å². The molecule has 0 radical (unpaired) electrons. The standard InChI is InChI=1S/C12H19NO2/c1-10(15)8-13-12(2,9-14)11-6-4-3-5-7-11/h3-7,10,13-15H,8-9H2,1-2H3. The Morgan fingerprint density at radius 2 is 1.93 bits per heavy atom. The van der Waals surface area contributed by atoms with Gasteiger partial charge in [0.1, 0.15) is 0 Å². The van der Waals surface area contributed by atoms with Crippen LogP contribution in [0, 0.1) is 0 Å². The number of benzene rings is 1. The van der Waals surface area contributed by atoms with Gasteiger partial charge in [0.2, 0.25) is 0 Å². The van der Waals surface area contributed by atoms with Gasteiger partial charge in [0.05, 0.1) is 18.2 Å². The number of aliphatic hydroxyl groups is 2. The highest BCUT2D eigenvalue weighted by atomic mass is 16.3. The molecule has 3 nitrogen and oxygen atoms in total. The fraction of sp³-hybridized carbons (Fsp3) is 0.500. The lowest BCUT2D eigenvalue weighted by atomic mass is 9.93. The maximum absolute atomic E-state index is 9.41. The summed E-state index contributed by atoms with van der Waals surface area (Å²) in [6.45, 7) is 4.11. The minimum absolute atomic E-state index is 0.00370. The van der Waals surface area contributed by atoms with Crippen LogP contribution >= 0.6 is 0 Å². The quantitative estimate of drug-likeness (QED) is 0.674. The first-order valence-electron chi connectivity index (χ1n) is 5.18. The van der Waals surface area contributed by atoms with Crippen LogP contribution in [-0.4, -0.2) is 29.5 Å². The van der Waals surface area contributed by atoms with Gasteiger partial charge in [-0.1, -0.05) is 30.3 Å². The van der Waals surface area contributed by atoms with Crippen molar-refractivity contribution in [3.05, 3.63) is 35.9 Å². The molecule has 1 aromatic carbocycles. The van der Waals surface area contributed by atoms with Crippen LogP contribution in [0.3, 0.4) is 0 Å². The summed E-state index contributed by atoms with van der Waals surface area (Å²) < 4.78 is 0. The molecule has 3 N–H and O–H groups in total. The van der Waals surface area contributed by atoms with Crippen LogP contribution in [0.4, 0.5) is 0 Å². The monoisotopic (exact) mass is 209 g/mol. The molecule has 15 heavy (non-hydrogen) atoms. The zero-order chi connectivity index (χ0) is 11.3. The van der Waals surface area contributed by atoms with Crippen LogP contribution < -0.4 is 5.32 Å². The zero-order valence-corrected chi connectivity index (χ0v) is 9.27. The molecule has 0 amide bonds. The van der Waals surface area contributed by atoms with E-state index in [1.54, 1.807) is 6.92 Å². The van der Waals surface area contributed by atoms with Crippen LogP contribution in [0.15, 0.2) is 30.3 Å². The van der Waals surface area contributed by atoms with Gasteiger partial charge in [-0.15, -0.1) is 0 Å². The second kappa shape index (κ2) is 5.26. The van der Waals surface area contributed by atoms with Crippen LogP contribution in [0.25, 0.3) is 0 Å². The Morgan fingerprint density at radius 3 is 2.40 bits per heavy atom. The minimum atomic E-state index is -0.488.